The topological polar surface area (TPSA) is 29.5 Å². The molecule has 0 spiro atoms. The van der Waals surface area contributed by atoms with E-state index in [2.05, 4.69) is 4.84 Å². The molecule has 0 saturated carbocycles. The van der Waals surface area contributed by atoms with Gasteiger partial charge in [-0.15, -0.1) is 0 Å². The molecule has 0 atom stereocenters. The van der Waals surface area contributed by atoms with Crippen molar-refractivity contribution < 1.29 is 27.2 Å². The third-order valence-electron chi connectivity index (χ3n) is 3.30. The Morgan fingerprint density at radius 2 is 1.70 bits per heavy atom. The number of hydrogen-bond donors (Lipinski definition) is 0. The second-order valence-electron chi connectivity index (χ2n) is 4.70. The molecular formula is C16H13F4NO2. The monoisotopic (exact) mass is 327 g/mol. The molecule has 3 nitrogen and oxygen atoms in total. The summed E-state index contributed by atoms with van der Waals surface area (Å²) in [6.45, 7) is 0. The van der Waals surface area contributed by atoms with Gasteiger partial charge in [-0.25, -0.2) is 9.45 Å². The molecule has 2 aromatic carbocycles. The van der Waals surface area contributed by atoms with Crippen molar-refractivity contribution in [2.45, 2.75) is 6.18 Å². The lowest BCUT2D eigenvalue weighted by Crippen LogP contribution is -2.27. The van der Waals surface area contributed by atoms with Gasteiger partial charge in [0.05, 0.1) is 18.2 Å². The zero-order chi connectivity index (χ0) is 17.2. The second kappa shape index (κ2) is 6.37. The Labute approximate surface area is 130 Å². The number of halogens is 4. The Morgan fingerprint density at radius 1 is 1.09 bits per heavy atom. The van der Waals surface area contributed by atoms with Crippen LogP contribution in [0.2, 0.25) is 0 Å². The van der Waals surface area contributed by atoms with Crippen LogP contribution in [0.3, 0.4) is 0 Å². The van der Waals surface area contributed by atoms with Crippen LogP contribution in [-0.2, 0) is 11.0 Å². The first-order valence-corrected chi connectivity index (χ1v) is 6.54. The van der Waals surface area contributed by atoms with Crippen LogP contribution >= 0.6 is 0 Å². The van der Waals surface area contributed by atoms with Crippen LogP contribution in [0.1, 0.15) is 15.9 Å². The number of rotatable bonds is 3. The summed E-state index contributed by atoms with van der Waals surface area (Å²) in [7, 11) is 2.33. The molecule has 0 bridgehead atoms. The average Bonchev–Trinajstić information content (AvgIpc) is 2.52. The highest BCUT2D eigenvalue weighted by atomic mass is 19.4. The minimum absolute atomic E-state index is 0.206. The molecule has 0 heterocycles. The molecule has 0 aliphatic heterocycles. The maximum Gasteiger partial charge on any atom is 0.419 e. The molecule has 122 valence electrons. The fraction of sp³-hybridized carbons (Fsp3) is 0.188. The Morgan fingerprint density at radius 3 is 2.22 bits per heavy atom. The number of hydroxylamine groups is 2. The lowest BCUT2D eigenvalue weighted by molar-refractivity contribution is -0.139. The molecule has 0 aromatic heterocycles. The van der Waals surface area contributed by atoms with Crippen molar-refractivity contribution in [1.82, 2.24) is 5.06 Å². The van der Waals surface area contributed by atoms with Gasteiger partial charge in [0.2, 0.25) is 0 Å². The summed E-state index contributed by atoms with van der Waals surface area (Å²) in [5.74, 6) is -2.62. The van der Waals surface area contributed by atoms with Crippen molar-refractivity contribution in [3.63, 3.8) is 0 Å². The van der Waals surface area contributed by atoms with E-state index in [0.717, 1.165) is 19.2 Å². The van der Waals surface area contributed by atoms with E-state index >= 15 is 0 Å². The van der Waals surface area contributed by atoms with Crippen LogP contribution in [0.15, 0.2) is 42.5 Å². The number of alkyl halides is 3. The summed E-state index contributed by atoms with van der Waals surface area (Å²) in [5, 5.41) is 0.654. The molecule has 2 rings (SSSR count). The summed E-state index contributed by atoms with van der Waals surface area (Å²) in [6.07, 6.45) is -4.95. The number of benzene rings is 2. The lowest BCUT2D eigenvalue weighted by Gasteiger charge is -2.18. The molecule has 2 aromatic rings. The van der Waals surface area contributed by atoms with E-state index in [9.17, 15) is 22.4 Å². The summed E-state index contributed by atoms with van der Waals surface area (Å²) in [6, 6.07) is 9.71. The minimum atomic E-state index is -4.95. The van der Waals surface area contributed by atoms with E-state index in [1.54, 1.807) is 18.2 Å². The van der Waals surface area contributed by atoms with Gasteiger partial charge in [0.25, 0.3) is 5.91 Å². The minimum Gasteiger partial charge on any atom is -0.274 e. The van der Waals surface area contributed by atoms with Crippen LogP contribution in [0.5, 0.6) is 0 Å². The number of carbonyl (C=O) groups is 1. The first-order valence-electron chi connectivity index (χ1n) is 6.54. The zero-order valence-corrected chi connectivity index (χ0v) is 12.3. The summed E-state index contributed by atoms with van der Waals surface area (Å²) in [4.78, 5) is 16.5. The highest BCUT2D eigenvalue weighted by Crippen LogP contribution is 2.40. The van der Waals surface area contributed by atoms with Crippen molar-refractivity contribution in [1.29, 1.82) is 0 Å². The van der Waals surface area contributed by atoms with Gasteiger partial charge in [0.1, 0.15) is 5.82 Å². The molecule has 23 heavy (non-hydrogen) atoms. The van der Waals surface area contributed by atoms with Gasteiger partial charge in [0.15, 0.2) is 0 Å². The number of nitrogens with zero attached hydrogens (tertiary/aromatic N) is 1. The maximum atomic E-state index is 14.4. The first-order chi connectivity index (χ1) is 10.8. The fourth-order valence-electron chi connectivity index (χ4n) is 2.13. The third kappa shape index (κ3) is 3.34. The molecule has 0 radical (unpaired) electrons. The van der Waals surface area contributed by atoms with Crippen LogP contribution in [0, 0.1) is 5.82 Å². The normalized spacial score (nSPS) is 11.4. The quantitative estimate of drug-likeness (QED) is 0.626. The van der Waals surface area contributed by atoms with E-state index in [0.29, 0.717) is 5.06 Å². The summed E-state index contributed by atoms with van der Waals surface area (Å²) >= 11 is 0. The molecule has 1 amide bonds. The van der Waals surface area contributed by atoms with Crippen LogP contribution < -0.4 is 0 Å². The van der Waals surface area contributed by atoms with Crippen LogP contribution in [0.25, 0.3) is 11.1 Å². The molecule has 0 fully saturated rings. The van der Waals surface area contributed by atoms with Crippen molar-refractivity contribution in [3.05, 3.63) is 59.4 Å². The van der Waals surface area contributed by atoms with Crippen molar-refractivity contribution in [2.75, 3.05) is 14.2 Å². The highest BCUT2D eigenvalue weighted by molar-refractivity contribution is 5.94. The van der Waals surface area contributed by atoms with Crippen LogP contribution in [-0.4, -0.2) is 25.1 Å². The second-order valence-corrected chi connectivity index (χ2v) is 4.70. The highest BCUT2D eigenvalue weighted by Gasteiger charge is 2.39. The van der Waals surface area contributed by atoms with Gasteiger partial charge in [-0.05, 0) is 17.2 Å². The lowest BCUT2D eigenvalue weighted by atomic mass is 9.96. The van der Waals surface area contributed by atoms with Crippen molar-refractivity contribution in [2.24, 2.45) is 0 Å². The van der Waals surface area contributed by atoms with Gasteiger partial charge < -0.3 is 0 Å². The molecule has 7 heteroatoms. The summed E-state index contributed by atoms with van der Waals surface area (Å²) < 4.78 is 54.4. The smallest absolute Gasteiger partial charge is 0.274 e. The number of amides is 1. The van der Waals surface area contributed by atoms with E-state index in [4.69, 9.17) is 0 Å². The van der Waals surface area contributed by atoms with Gasteiger partial charge in [-0.2, -0.15) is 13.2 Å². The molecular weight excluding hydrogens is 314 g/mol. The zero-order valence-electron chi connectivity index (χ0n) is 12.3. The van der Waals surface area contributed by atoms with Crippen molar-refractivity contribution in [3.8, 4) is 11.1 Å². The molecule has 0 aliphatic carbocycles. The molecule has 0 aliphatic rings. The molecule has 0 saturated heterocycles. The standard InChI is InChI=1S/C16H13F4NO2/c1-21(23-2)15(22)12-9-8-11(10-6-4-3-5-7-10)13(14(12)17)16(18,19)20/h3-9H,1-2H3. The molecule has 0 unspecified atom stereocenters. The van der Waals surface area contributed by atoms with E-state index in [1.165, 1.54) is 19.2 Å². The Hall–Kier alpha value is -2.41. The Kier molecular flexibility index (Phi) is 4.70. The SMILES string of the molecule is CON(C)C(=O)c1ccc(-c2ccccc2)c(C(F)(F)F)c1F. The summed E-state index contributed by atoms with van der Waals surface area (Å²) in [5.41, 5.74) is -2.30. The van der Waals surface area contributed by atoms with Gasteiger partial charge in [-0.3, -0.25) is 9.63 Å². The Bertz CT molecular complexity index is 714. The predicted octanol–water partition coefficient (Wildman–Crippen LogP) is 4.14. The fourth-order valence-corrected chi connectivity index (χ4v) is 2.13. The predicted molar refractivity (Wildman–Crippen MR) is 75.9 cm³/mol. The van der Waals surface area contributed by atoms with Gasteiger partial charge in [0, 0.05) is 7.05 Å². The van der Waals surface area contributed by atoms with Gasteiger partial charge in [-0.1, -0.05) is 36.4 Å². The Balaban J connectivity index is 2.68. The maximum absolute atomic E-state index is 14.4. The average molecular weight is 327 g/mol. The van der Waals surface area contributed by atoms with E-state index < -0.39 is 29.0 Å². The van der Waals surface area contributed by atoms with Gasteiger partial charge >= 0.3 is 6.18 Å². The van der Waals surface area contributed by atoms with E-state index in [1.807, 2.05) is 0 Å². The number of hydrogen-bond acceptors (Lipinski definition) is 2. The first kappa shape index (κ1) is 17.0. The largest absolute Gasteiger partial charge is 0.419 e. The number of carbonyl (C=O) groups excluding carboxylic acids is 1. The molecule has 0 N–H and O–H groups in total. The van der Waals surface area contributed by atoms with Crippen molar-refractivity contribution >= 4 is 5.91 Å². The van der Waals surface area contributed by atoms with Crippen LogP contribution in [0.4, 0.5) is 17.6 Å². The third-order valence-corrected chi connectivity index (χ3v) is 3.30. The van der Waals surface area contributed by atoms with E-state index in [-0.39, 0.29) is 11.1 Å².